The van der Waals surface area contributed by atoms with Crippen molar-refractivity contribution in [2.75, 3.05) is 12.4 Å². The van der Waals surface area contributed by atoms with Gasteiger partial charge in [0.15, 0.2) is 0 Å². The Labute approximate surface area is 158 Å². The normalized spacial score (nSPS) is 12.5. The number of carbonyl (C=O) groups is 1. The molecule has 2 rings (SSSR count). The molecule has 0 bridgehead atoms. The molecule has 1 unspecified atom stereocenters. The summed E-state index contributed by atoms with van der Waals surface area (Å²) in [6.45, 7) is 3.67. The van der Waals surface area contributed by atoms with Crippen LogP contribution in [0, 0.1) is 0 Å². The van der Waals surface area contributed by atoms with Crippen LogP contribution >= 0.6 is 11.6 Å². The highest BCUT2D eigenvalue weighted by molar-refractivity contribution is 7.89. The van der Waals surface area contributed by atoms with Crippen molar-refractivity contribution in [3.05, 3.63) is 53.1 Å². The summed E-state index contributed by atoms with van der Waals surface area (Å²) in [7, 11) is -2.19. The molecule has 2 N–H and O–H groups in total. The Morgan fingerprint density at radius 3 is 2.58 bits per heavy atom. The van der Waals surface area contributed by atoms with Gasteiger partial charge in [-0.25, -0.2) is 13.1 Å². The lowest BCUT2D eigenvalue weighted by molar-refractivity contribution is 0.102. The Bertz CT molecular complexity index is 900. The summed E-state index contributed by atoms with van der Waals surface area (Å²) in [4.78, 5) is 12.5. The van der Waals surface area contributed by atoms with Crippen molar-refractivity contribution in [2.45, 2.75) is 31.2 Å². The molecule has 8 heteroatoms. The van der Waals surface area contributed by atoms with Crippen LogP contribution in [0.2, 0.25) is 5.02 Å². The first-order valence-electron chi connectivity index (χ1n) is 8.04. The lowest BCUT2D eigenvalue weighted by atomic mass is 10.2. The molecule has 2 aromatic rings. The lowest BCUT2D eigenvalue weighted by Crippen LogP contribution is -2.32. The molecule has 0 fully saturated rings. The van der Waals surface area contributed by atoms with Crippen LogP contribution in [0.4, 0.5) is 5.69 Å². The number of amides is 1. The zero-order chi connectivity index (χ0) is 19.3. The average Bonchev–Trinajstić information content (AvgIpc) is 2.61. The van der Waals surface area contributed by atoms with Crippen molar-refractivity contribution in [1.82, 2.24) is 4.72 Å². The molecular formula is C18H21ClN2O4S. The summed E-state index contributed by atoms with van der Waals surface area (Å²) in [5, 5.41) is 3.05. The number of hydrogen-bond donors (Lipinski definition) is 2. The van der Waals surface area contributed by atoms with Crippen LogP contribution in [0.25, 0.3) is 0 Å². The van der Waals surface area contributed by atoms with Crippen LogP contribution < -0.4 is 14.8 Å². The summed E-state index contributed by atoms with van der Waals surface area (Å²) < 4.78 is 32.4. The van der Waals surface area contributed by atoms with E-state index in [1.54, 1.807) is 31.2 Å². The summed E-state index contributed by atoms with van der Waals surface area (Å²) in [5.41, 5.74) is 0.704. The van der Waals surface area contributed by atoms with Gasteiger partial charge in [0.2, 0.25) is 10.0 Å². The minimum Gasteiger partial charge on any atom is -0.495 e. The number of hydrogen-bond acceptors (Lipinski definition) is 4. The van der Waals surface area contributed by atoms with E-state index in [9.17, 15) is 13.2 Å². The number of nitrogens with one attached hydrogen (secondary N) is 2. The SMILES string of the molecule is CCC(C)NS(=O)(=O)c1cccc(C(=O)Nc2ccc(OC)c(Cl)c2)c1. The molecule has 0 radical (unpaired) electrons. The Morgan fingerprint density at radius 1 is 1.23 bits per heavy atom. The van der Waals surface area contributed by atoms with E-state index in [2.05, 4.69) is 10.0 Å². The number of rotatable bonds is 7. The minimum absolute atomic E-state index is 0.0400. The molecule has 0 aliphatic carbocycles. The molecule has 1 amide bonds. The predicted octanol–water partition coefficient (Wildman–Crippen LogP) is 3.68. The van der Waals surface area contributed by atoms with Gasteiger partial charge < -0.3 is 10.1 Å². The maximum Gasteiger partial charge on any atom is 0.255 e. The van der Waals surface area contributed by atoms with Gasteiger partial charge in [-0.15, -0.1) is 0 Å². The third-order valence-electron chi connectivity index (χ3n) is 3.78. The van der Waals surface area contributed by atoms with Gasteiger partial charge in [-0.1, -0.05) is 24.6 Å². The van der Waals surface area contributed by atoms with Crippen molar-refractivity contribution < 1.29 is 17.9 Å². The van der Waals surface area contributed by atoms with Crippen LogP contribution in [0.3, 0.4) is 0 Å². The van der Waals surface area contributed by atoms with E-state index >= 15 is 0 Å². The van der Waals surface area contributed by atoms with Crippen molar-refractivity contribution in [2.24, 2.45) is 0 Å². The number of sulfonamides is 1. The molecule has 140 valence electrons. The second kappa shape index (κ2) is 8.53. The number of anilines is 1. The molecule has 1 atom stereocenters. The fourth-order valence-corrected chi connectivity index (χ4v) is 3.80. The van der Waals surface area contributed by atoms with Gasteiger partial charge in [0.1, 0.15) is 5.75 Å². The van der Waals surface area contributed by atoms with Crippen LogP contribution in [0.5, 0.6) is 5.75 Å². The quantitative estimate of drug-likeness (QED) is 0.747. The van der Waals surface area contributed by atoms with Crippen LogP contribution in [-0.2, 0) is 10.0 Å². The summed E-state index contributed by atoms with van der Waals surface area (Å²) in [5.74, 6) is 0.0562. The highest BCUT2D eigenvalue weighted by atomic mass is 35.5. The third-order valence-corrected chi connectivity index (χ3v) is 5.67. The van der Waals surface area contributed by atoms with E-state index in [1.165, 1.54) is 25.3 Å². The Kier molecular flexibility index (Phi) is 6.63. The van der Waals surface area contributed by atoms with Gasteiger partial charge in [-0.3, -0.25) is 4.79 Å². The summed E-state index contributed by atoms with van der Waals surface area (Å²) >= 11 is 6.04. The third kappa shape index (κ3) is 4.97. The number of methoxy groups -OCH3 is 1. The van der Waals surface area contributed by atoms with E-state index in [1.807, 2.05) is 6.92 Å². The molecular weight excluding hydrogens is 376 g/mol. The average molecular weight is 397 g/mol. The molecule has 0 heterocycles. The first kappa shape index (κ1) is 20.2. The van der Waals surface area contributed by atoms with Gasteiger partial charge in [0, 0.05) is 17.3 Å². The largest absolute Gasteiger partial charge is 0.495 e. The van der Waals surface area contributed by atoms with Gasteiger partial charge in [-0.2, -0.15) is 0 Å². The van der Waals surface area contributed by atoms with E-state index in [0.717, 1.165) is 0 Å². The highest BCUT2D eigenvalue weighted by Gasteiger charge is 2.18. The second-order valence-electron chi connectivity index (χ2n) is 5.76. The van der Waals surface area contributed by atoms with Crippen LogP contribution in [-0.4, -0.2) is 27.5 Å². The van der Waals surface area contributed by atoms with E-state index in [-0.39, 0.29) is 16.5 Å². The fourth-order valence-electron chi connectivity index (χ4n) is 2.17. The molecule has 6 nitrogen and oxygen atoms in total. The zero-order valence-corrected chi connectivity index (χ0v) is 16.3. The molecule has 0 spiro atoms. The van der Waals surface area contributed by atoms with Crippen LogP contribution in [0.15, 0.2) is 47.4 Å². The van der Waals surface area contributed by atoms with Crippen LogP contribution in [0.1, 0.15) is 30.6 Å². The molecule has 2 aromatic carbocycles. The number of benzene rings is 2. The van der Waals surface area contributed by atoms with Gasteiger partial charge in [0.05, 0.1) is 17.0 Å². The second-order valence-corrected chi connectivity index (χ2v) is 7.88. The maximum atomic E-state index is 12.4. The van der Waals surface area contributed by atoms with E-state index < -0.39 is 15.9 Å². The number of carbonyl (C=O) groups excluding carboxylic acids is 1. The minimum atomic E-state index is -3.68. The van der Waals surface area contributed by atoms with Crippen molar-refractivity contribution in [3.8, 4) is 5.75 Å². The van der Waals surface area contributed by atoms with Gasteiger partial charge in [0.25, 0.3) is 5.91 Å². The Morgan fingerprint density at radius 2 is 1.96 bits per heavy atom. The zero-order valence-electron chi connectivity index (χ0n) is 14.7. The molecule has 0 aliphatic rings. The van der Waals surface area contributed by atoms with Crippen molar-refractivity contribution in [1.29, 1.82) is 0 Å². The summed E-state index contributed by atoms with van der Waals surface area (Å²) in [6.07, 6.45) is 0.664. The molecule has 0 aliphatic heterocycles. The molecule has 0 saturated carbocycles. The maximum absolute atomic E-state index is 12.4. The molecule has 0 aromatic heterocycles. The number of halogens is 1. The first-order chi connectivity index (χ1) is 12.3. The topological polar surface area (TPSA) is 84.5 Å². The molecule has 0 saturated heterocycles. The van der Waals surface area contributed by atoms with E-state index in [4.69, 9.17) is 16.3 Å². The van der Waals surface area contributed by atoms with Gasteiger partial charge >= 0.3 is 0 Å². The standard InChI is InChI=1S/C18H21ClN2O4S/c1-4-12(2)21-26(23,24)15-7-5-6-13(10-15)18(22)20-14-8-9-17(25-3)16(19)11-14/h5-12,21H,4H2,1-3H3,(H,20,22). The number of ether oxygens (including phenoxy) is 1. The Balaban J connectivity index is 2.21. The fraction of sp³-hybridized carbons (Fsp3) is 0.278. The monoisotopic (exact) mass is 396 g/mol. The lowest BCUT2D eigenvalue weighted by Gasteiger charge is -2.13. The van der Waals surface area contributed by atoms with Gasteiger partial charge in [-0.05, 0) is 49.7 Å². The first-order valence-corrected chi connectivity index (χ1v) is 9.90. The van der Waals surface area contributed by atoms with Crippen molar-refractivity contribution in [3.63, 3.8) is 0 Å². The van der Waals surface area contributed by atoms with Crippen molar-refractivity contribution >= 4 is 33.2 Å². The smallest absolute Gasteiger partial charge is 0.255 e. The predicted molar refractivity (Wildman–Crippen MR) is 102 cm³/mol. The Hall–Kier alpha value is -2.09. The summed E-state index contributed by atoms with van der Waals surface area (Å²) in [6, 6.07) is 10.5. The molecule has 26 heavy (non-hydrogen) atoms. The highest BCUT2D eigenvalue weighted by Crippen LogP contribution is 2.27. The van der Waals surface area contributed by atoms with E-state index in [0.29, 0.717) is 22.9 Å².